The number of nitrogens with one attached hydrogen (secondary N) is 1. The lowest BCUT2D eigenvalue weighted by molar-refractivity contribution is 0.612. The highest BCUT2D eigenvalue weighted by molar-refractivity contribution is 5.61. The molecule has 0 unspecified atom stereocenters. The van der Waals surface area contributed by atoms with E-state index in [0.717, 1.165) is 6.20 Å². The minimum absolute atomic E-state index is 0.352. The predicted molar refractivity (Wildman–Crippen MR) is 52.5 cm³/mol. The molecule has 70 valence electrons. The number of rotatable bonds is 1. The van der Waals surface area contributed by atoms with Gasteiger partial charge in [-0.2, -0.15) is 0 Å². The first kappa shape index (κ1) is 8.69. The van der Waals surface area contributed by atoms with Crippen LogP contribution in [0.25, 0.3) is 11.1 Å². The molecule has 0 aliphatic heterocycles. The molecule has 0 saturated carbocycles. The van der Waals surface area contributed by atoms with Crippen LogP contribution >= 0.6 is 0 Å². The number of H-pyrrole nitrogens is 1. The molecule has 0 fully saturated rings. The van der Waals surface area contributed by atoms with Crippen molar-refractivity contribution in [1.29, 1.82) is 0 Å². The molecule has 0 spiro atoms. The van der Waals surface area contributed by atoms with Gasteiger partial charge in [-0.25, -0.2) is 4.39 Å². The molecular weight excluding hydrogens is 181 g/mol. The molecular formula is C11H8FNO. The lowest BCUT2D eigenvalue weighted by Gasteiger charge is -1.99. The van der Waals surface area contributed by atoms with E-state index in [1.54, 1.807) is 24.3 Å². The molecule has 1 N–H and O–H groups in total. The van der Waals surface area contributed by atoms with E-state index in [4.69, 9.17) is 0 Å². The molecule has 3 heteroatoms. The Bertz CT molecular complexity index is 490. The number of hydrogen-bond acceptors (Lipinski definition) is 1. The van der Waals surface area contributed by atoms with Gasteiger partial charge in [0.1, 0.15) is 0 Å². The van der Waals surface area contributed by atoms with Crippen LogP contribution in [-0.2, 0) is 0 Å². The predicted octanol–water partition coefficient (Wildman–Crippen LogP) is 2.18. The second-order valence-electron chi connectivity index (χ2n) is 2.91. The zero-order valence-corrected chi connectivity index (χ0v) is 7.33. The van der Waals surface area contributed by atoms with Crippen molar-refractivity contribution < 1.29 is 4.39 Å². The van der Waals surface area contributed by atoms with Crippen LogP contribution in [0.4, 0.5) is 4.39 Å². The van der Waals surface area contributed by atoms with Crippen molar-refractivity contribution in [2.45, 2.75) is 0 Å². The summed E-state index contributed by atoms with van der Waals surface area (Å²) in [6.07, 6.45) is 2.55. The maximum Gasteiger partial charge on any atom is 0.224 e. The molecule has 14 heavy (non-hydrogen) atoms. The average molecular weight is 189 g/mol. The van der Waals surface area contributed by atoms with Crippen LogP contribution < -0.4 is 5.43 Å². The van der Waals surface area contributed by atoms with E-state index in [2.05, 4.69) is 4.98 Å². The zero-order chi connectivity index (χ0) is 9.97. The lowest BCUT2D eigenvalue weighted by Crippen LogP contribution is -2.09. The van der Waals surface area contributed by atoms with Crippen LogP contribution in [0, 0.1) is 5.82 Å². The second-order valence-corrected chi connectivity index (χ2v) is 2.91. The molecule has 1 aromatic heterocycles. The summed E-state index contributed by atoms with van der Waals surface area (Å²) in [6, 6.07) is 8.99. The van der Waals surface area contributed by atoms with Crippen LogP contribution in [0.1, 0.15) is 0 Å². The van der Waals surface area contributed by atoms with Gasteiger partial charge in [0.15, 0.2) is 5.82 Å². The number of benzene rings is 1. The highest BCUT2D eigenvalue weighted by Gasteiger charge is 2.05. The van der Waals surface area contributed by atoms with Gasteiger partial charge >= 0.3 is 0 Å². The molecule has 1 heterocycles. The van der Waals surface area contributed by atoms with E-state index in [0.29, 0.717) is 11.1 Å². The monoisotopic (exact) mass is 189 g/mol. The molecule has 0 aliphatic rings. The SMILES string of the molecule is O=c1c(F)c[nH]cc1-c1ccccc1. The molecule has 2 rings (SSSR count). The van der Waals surface area contributed by atoms with Crippen LogP contribution in [0.3, 0.4) is 0 Å². The molecule has 0 atom stereocenters. The summed E-state index contributed by atoms with van der Waals surface area (Å²) >= 11 is 0. The Hall–Kier alpha value is -1.90. The molecule has 0 radical (unpaired) electrons. The molecule has 0 aliphatic carbocycles. The summed E-state index contributed by atoms with van der Waals surface area (Å²) in [6.45, 7) is 0. The number of aromatic nitrogens is 1. The van der Waals surface area contributed by atoms with Crippen molar-refractivity contribution in [1.82, 2.24) is 4.98 Å². The standard InChI is InChI=1S/C11H8FNO/c12-10-7-13-6-9(11(10)14)8-4-2-1-3-5-8/h1-7H,(H,13,14). The van der Waals surface area contributed by atoms with Gasteiger partial charge in [-0.15, -0.1) is 0 Å². The van der Waals surface area contributed by atoms with E-state index in [1.807, 2.05) is 6.07 Å². The van der Waals surface area contributed by atoms with Gasteiger partial charge in [0.05, 0.1) is 0 Å². The van der Waals surface area contributed by atoms with Crippen molar-refractivity contribution >= 4 is 0 Å². The van der Waals surface area contributed by atoms with Crippen molar-refractivity contribution in [3.63, 3.8) is 0 Å². The van der Waals surface area contributed by atoms with Gasteiger partial charge in [0.2, 0.25) is 5.43 Å². The molecule has 0 bridgehead atoms. The van der Waals surface area contributed by atoms with Crippen molar-refractivity contribution in [2.24, 2.45) is 0 Å². The Morgan fingerprint density at radius 2 is 1.79 bits per heavy atom. The van der Waals surface area contributed by atoms with Crippen molar-refractivity contribution in [2.75, 3.05) is 0 Å². The minimum Gasteiger partial charge on any atom is -0.364 e. The fourth-order valence-electron chi connectivity index (χ4n) is 1.29. The molecule has 1 aromatic carbocycles. The number of aromatic amines is 1. The summed E-state index contributed by atoms with van der Waals surface area (Å²) < 4.78 is 12.9. The van der Waals surface area contributed by atoms with Crippen molar-refractivity contribution in [3.8, 4) is 11.1 Å². The van der Waals surface area contributed by atoms with E-state index in [-0.39, 0.29) is 0 Å². The first-order valence-electron chi connectivity index (χ1n) is 4.21. The summed E-state index contributed by atoms with van der Waals surface area (Å²) in [5, 5.41) is 0. The number of pyridine rings is 1. The first-order chi connectivity index (χ1) is 6.79. The zero-order valence-electron chi connectivity index (χ0n) is 7.33. The van der Waals surface area contributed by atoms with Crippen LogP contribution in [-0.4, -0.2) is 4.98 Å². The van der Waals surface area contributed by atoms with Gasteiger partial charge in [-0.05, 0) is 5.56 Å². The highest BCUT2D eigenvalue weighted by Crippen LogP contribution is 2.13. The Kier molecular flexibility index (Phi) is 2.14. The first-order valence-corrected chi connectivity index (χ1v) is 4.21. The summed E-state index contributed by atoms with van der Waals surface area (Å²) in [5.41, 5.74) is 0.494. The van der Waals surface area contributed by atoms with Gasteiger partial charge in [-0.3, -0.25) is 4.79 Å². The third kappa shape index (κ3) is 1.44. The quantitative estimate of drug-likeness (QED) is 0.732. The van der Waals surface area contributed by atoms with Crippen LogP contribution in [0.15, 0.2) is 47.5 Å². The maximum absolute atomic E-state index is 12.9. The topological polar surface area (TPSA) is 32.9 Å². The van der Waals surface area contributed by atoms with Crippen LogP contribution in [0.5, 0.6) is 0 Å². The normalized spacial score (nSPS) is 10.1. The fourth-order valence-corrected chi connectivity index (χ4v) is 1.29. The summed E-state index contributed by atoms with van der Waals surface area (Å²) in [5.74, 6) is -0.758. The molecule has 0 saturated heterocycles. The van der Waals surface area contributed by atoms with Crippen LogP contribution in [0.2, 0.25) is 0 Å². The Labute approximate surface area is 80.0 Å². The highest BCUT2D eigenvalue weighted by atomic mass is 19.1. The average Bonchev–Trinajstić information content (AvgIpc) is 2.23. The maximum atomic E-state index is 12.9. The third-order valence-corrected chi connectivity index (χ3v) is 1.98. The lowest BCUT2D eigenvalue weighted by atomic mass is 10.1. The van der Waals surface area contributed by atoms with E-state index in [9.17, 15) is 9.18 Å². The third-order valence-electron chi connectivity index (χ3n) is 1.98. The smallest absolute Gasteiger partial charge is 0.224 e. The fraction of sp³-hybridized carbons (Fsp3) is 0. The Morgan fingerprint density at radius 1 is 1.07 bits per heavy atom. The summed E-state index contributed by atoms with van der Waals surface area (Å²) in [7, 11) is 0. The van der Waals surface area contributed by atoms with E-state index >= 15 is 0 Å². The Morgan fingerprint density at radius 3 is 2.50 bits per heavy atom. The number of hydrogen-bond donors (Lipinski definition) is 1. The number of halogens is 1. The Balaban J connectivity index is 2.64. The van der Waals surface area contributed by atoms with Gasteiger partial charge < -0.3 is 4.98 Å². The molecule has 2 aromatic rings. The second kappa shape index (κ2) is 3.46. The minimum atomic E-state index is -0.758. The molecule has 2 nitrogen and oxygen atoms in total. The van der Waals surface area contributed by atoms with Crippen molar-refractivity contribution in [3.05, 3.63) is 58.8 Å². The van der Waals surface area contributed by atoms with Gasteiger partial charge in [0.25, 0.3) is 0 Å². The van der Waals surface area contributed by atoms with E-state index < -0.39 is 11.2 Å². The van der Waals surface area contributed by atoms with Gasteiger partial charge in [-0.1, -0.05) is 30.3 Å². The summed E-state index contributed by atoms with van der Waals surface area (Å²) in [4.78, 5) is 14.0. The van der Waals surface area contributed by atoms with E-state index in [1.165, 1.54) is 6.20 Å². The molecule has 0 amide bonds. The van der Waals surface area contributed by atoms with Gasteiger partial charge in [0, 0.05) is 18.0 Å². The largest absolute Gasteiger partial charge is 0.364 e.